The van der Waals surface area contributed by atoms with Gasteiger partial charge in [0.2, 0.25) is 0 Å². The Kier molecular flexibility index (Phi) is 4.76. The first kappa shape index (κ1) is 14.4. The molecule has 0 aliphatic heterocycles. The van der Waals surface area contributed by atoms with Crippen molar-refractivity contribution in [2.75, 3.05) is 0 Å². The Labute approximate surface area is 95.7 Å². The second kappa shape index (κ2) is 4.96. The topological polar surface area (TPSA) is 12.4 Å². The summed E-state index contributed by atoms with van der Waals surface area (Å²) in [5.41, 5.74) is 1.68. The smallest absolute Gasteiger partial charge is 0.0230 e. The van der Waals surface area contributed by atoms with E-state index >= 15 is 0 Å². The molecule has 1 unspecified atom stereocenters. The van der Waals surface area contributed by atoms with Gasteiger partial charge in [-0.05, 0) is 23.7 Å². The third-order valence-corrected chi connectivity index (χ3v) is 3.09. The van der Waals surface area contributed by atoms with Crippen LogP contribution in [-0.4, -0.2) is 5.71 Å². The van der Waals surface area contributed by atoms with Gasteiger partial charge in [-0.2, -0.15) is 0 Å². The highest BCUT2D eigenvalue weighted by Crippen LogP contribution is 2.26. The summed E-state index contributed by atoms with van der Waals surface area (Å²) in [5, 5.41) is 0. The molecule has 88 valence electrons. The lowest BCUT2D eigenvalue weighted by atomic mass is 9.82. The molecule has 15 heavy (non-hydrogen) atoms. The molecule has 0 aromatic heterocycles. The van der Waals surface area contributed by atoms with Crippen LogP contribution in [0.5, 0.6) is 0 Å². The Balaban J connectivity index is 4.46. The van der Waals surface area contributed by atoms with E-state index in [0.29, 0.717) is 11.3 Å². The van der Waals surface area contributed by atoms with Crippen molar-refractivity contribution in [2.24, 2.45) is 21.7 Å². The van der Waals surface area contributed by atoms with Gasteiger partial charge in [-0.25, -0.2) is 0 Å². The molecule has 0 radical (unpaired) electrons. The van der Waals surface area contributed by atoms with Gasteiger partial charge in [0.25, 0.3) is 0 Å². The number of nitrogens with zero attached hydrogens (tertiary/aromatic N) is 1. The van der Waals surface area contributed by atoms with Gasteiger partial charge in [-0.3, -0.25) is 4.99 Å². The number of aliphatic imine (C=N–C) groups is 1. The lowest BCUT2D eigenvalue weighted by Crippen LogP contribution is -2.16. The highest BCUT2D eigenvalue weighted by atomic mass is 14.7. The summed E-state index contributed by atoms with van der Waals surface area (Å²) in [6.07, 6.45) is 4.14. The van der Waals surface area contributed by atoms with Crippen LogP contribution in [0.15, 0.2) is 17.3 Å². The molecule has 0 saturated heterocycles. The first-order valence-electron chi connectivity index (χ1n) is 5.76. The molecule has 0 bridgehead atoms. The summed E-state index contributed by atoms with van der Waals surface area (Å²) in [6, 6.07) is 0. The molecule has 0 aliphatic rings. The minimum Gasteiger partial charge on any atom is -0.266 e. The van der Waals surface area contributed by atoms with Gasteiger partial charge < -0.3 is 0 Å². The normalized spacial score (nSPS) is 17.2. The van der Waals surface area contributed by atoms with E-state index in [1.165, 1.54) is 5.71 Å². The zero-order chi connectivity index (χ0) is 12.3. The Morgan fingerprint density at radius 3 is 1.87 bits per heavy atom. The van der Waals surface area contributed by atoms with E-state index in [9.17, 15) is 0 Å². The highest BCUT2D eigenvalue weighted by molar-refractivity contribution is 5.87. The van der Waals surface area contributed by atoms with E-state index in [1.807, 2.05) is 6.20 Å². The van der Waals surface area contributed by atoms with Gasteiger partial charge in [0.1, 0.15) is 0 Å². The van der Waals surface area contributed by atoms with Gasteiger partial charge in [0.15, 0.2) is 0 Å². The predicted molar refractivity (Wildman–Crippen MR) is 70.3 cm³/mol. The second-order valence-corrected chi connectivity index (χ2v) is 6.46. The van der Waals surface area contributed by atoms with E-state index in [4.69, 9.17) is 0 Å². The minimum atomic E-state index is 0.176. The van der Waals surface area contributed by atoms with Crippen LogP contribution >= 0.6 is 0 Å². The predicted octanol–water partition coefficient (Wildman–Crippen LogP) is 4.69. The number of rotatable bonds is 2. The van der Waals surface area contributed by atoms with Crippen LogP contribution in [0.4, 0.5) is 0 Å². The van der Waals surface area contributed by atoms with E-state index in [-0.39, 0.29) is 5.41 Å². The van der Waals surface area contributed by atoms with Gasteiger partial charge in [-0.15, -0.1) is 0 Å². The van der Waals surface area contributed by atoms with Gasteiger partial charge in [0.05, 0.1) is 0 Å². The third-order valence-electron chi connectivity index (χ3n) is 3.09. The summed E-state index contributed by atoms with van der Waals surface area (Å²) in [4.78, 5) is 4.48. The highest BCUT2D eigenvalue weighted by Gasteiger charge is 2.17. The number of allylic oxidation sites excluding steroid dienone is 1. The summed E-state index contributed by atoms with van der Waals surface area (Å²) in [7, 11) is 0. The number of hydrogen-bond donors (Lipinski definition) is 0. The first-order chi connectivity index (χ1) is 6.55. The van der Waals surface area contributed by atoms with Gasteiger partial charge >= 0.3 is 0 Å². The molecule has 0 saturated carbocycles. The van der Waals surface area contributed by atoms with Crippen LogP contribution in [0.2, 0.25) is 0 Å². The molecule has 1 heteroatoms. The summed E-state index contributed by atoms with van der Waals surface area (Å²) in [5.74, 6) is 0.550. The van der Waals surface area contributed by atoms with Crippen molar-refractivity contribution in [3.8, 4) is 0 Å². The first-order valence-corrected chi connectivity index (χ1v) is 5.76. The monoisotopic (exact) mass is 209 g/mol. The summed E-state index contributed by atoms with van der Waals surface area (Å²) in [6.45, 7) is 17.6. The SMILES string of the molecule is CC(=N/C=C\C(C)C(C)(C)C)C(C)(C)C. The number of hydrogen-bond acceptors (Lipinski definition) is 1. The molecule has 0 rings (SSSR count). The average molecular weight is 209 g/mol. The van der Waals surface area contributed by atoms with E-state index < -0.39 is 0 Å². The molecule has 1 atom stereocenters. The maximum Gasteiger partial charge on any atom is 0.0230 e. The van der Waals surface area contributed by atoms with E-state index in [1.54, 1.807) is 0 Å². The van der Waals surface area contributed by atoms with Crippen molar-refractivity contribution in [1.29, 1.82) is 0 Å². The molecular weight excluding hydrogens is 182 g/mol. The van der Waals surface area contributed by atoms with Crippen molar-refractivity contribution in [1.82, 2.24) is 0 Å². The molecule has 0 heterocycles. The molecule has 0 spiro atoms. The van der Waals surface area contributed by atoms with Crippen LogP contribution in [0.1, 0.15) is 55.4 Å². The van der Waals surface area contributed by atoms with Crippen molar-refractivity contribution in [2.45, 2.75) is 55.4 Å². The van der Waals surface area contributed by atoms with Gasteiger partial charge in [-0.1, -0.05) is 54.5 Å². The molecule has 0 aromatic rings. The van der Waals surface area contributed by atoms with Crippen LogP contribution in [0.25, 0.3) is 0 Å². The van der Waals surface area contributed by atoms with Crippen LogP contribution in [0, 0.1) is 16.7 Å². The standard InChI is InChI=1S/C14H27N/c1-11(13(3,4)5)9-10-15-12(2)14(6,7)8/h9-11H,1-8H3/b10-9-,15-12?. The van der Waals surface area contributed by atoms with Crippen molar-refractivity contribution in [3.05, 3.63) is 12.3 Å². The maximum atomic E-state index is 4.48. The molecule has 0 aliphatic carbocycles. The van der Waals surface area contributed by atoms with Gasteiger partial charge in [0, 0.05) is 11.9 Å². The van der Waals surface area contributed by atoms with Crippen molar-refractivity contribution >= 4 is 5.71 Å². The molecule has 0 N–H and O–H groups in total. The minimum absolute atomic E-state index is 0.176. The fourth-order valence-corrected chi connectivity index (χ4v) is 0.766. The lowest BCUT2D eigenvalue weighted by Gasteiger charge is -2.24. The lowest BCUT2D eigenvalue weighted by molar-refractivity contribution is 0.314. The molecule has 0 amide bonds. The molecule has 0 fully saturated rings. The van der Waals surface area contributed by atoms with Crippen LogP contribution < -0.4 is 0 Å². The maximum absolute atomic E-state index is 4.48. The summed E-state index contributed by atoms with van der Waals surface area (Å²) < 4.78 is 0. The average Bonchev–Trinajstić information content (AvgIpc) is 2.00. The van der Waals surface area contributed by atoms with Crippen LogP contribution in [-0.2, 0) is 0 Å². The fourth-order valence-electron chi connectivity index (χ4n) is 0.766. The zero-order valence-corrected chi connectivity index (χ0v) is 11.7. The molecule has 1 nitrogen and oxygen atoms in total. The quantitative estimate of drug-likeness (QED) is 0.585. The summed E-state index contributed by atoms with van der Waals surface area (Å²) >= 11 is 0. The second-order valence-electron chi connectivity index (χ2n) is 6.46. The largest absolute Gasteiger partial charge is 0.266 e. The Morgan fingerprint density at radius 2 is 1.53 bits per heavy atom. The Morgan fingerprint density at radius 1 is 1.07 bits per heavy atom. The van der Waals surface area contributed by atoms with Crippen molar-refractivity contribution in [3.63, 3.8) is 0 Å². The molecule has 0 aromatic carbocycles. The van der Waals surface area contributed by atoms with Crippen molar-refractivity contribution < 1.29 is 0 Å². The fraction of sp³-hybridized carbons (Fsp3) is 0.786. The zero-order valence-electron chi connectivity index (χ0n) is 11.7. The molecular formula is C14H27N. The van der Waals surface area contributed by atoms with Crippen LogP contribution in [0.3, 0.4) is 0 Å². The van der Waals surface area contributed by atoms with E-state index in [2.05, 4.69) is 66.5 Å². The Hall–Kier alpha value is -0.590. The third kappa shape index (κ3) is 5.76. The van der Waals surface area contributed by atoms with E-state index in [0.717, 1.165) is 0 Å². The Bertz CT molecular complexity index is 245.